The molecule has 0 aliphatic carbocycles. The monoisotopic (exact) mass is 650 g/mol. The molecule has 13 heteroatoms. The Morgan fingerprint density at radius 3 is 2.84 bits per heavy atom. The molecule has 1 aromatic carbocycles. The van der Waals surface area contributed by atoms with E-state index < -0.39 is 0 Å². The number of nitrogens with zero attached hydrogens (tertiary/aromatic N) is 4. The predicted molar refractivity (Wildman–Crippen MR) is 153 cm³/mol. The van der Waals surface area contributed by atoms with E-state index in [0.29, 0.717) is 55.1 Å². The summed E-state index contributed by atoms with van der Waals surface area (Å²) in [7, 11) is 0. The quantitative estimate of drug-likeness (QED) is 0.239. The van der Waals surface area contributed by atoms with Gasteiger partial charge in [0.05, 0.1) is 43.9 Å². The first-order chi connectivity index (χ1) is 18.6. The number of hydrogen-bond acceptors (Lipinski definition) is 10. The van der Waals surface area contributed by atoms with Crippen LogP contribution in [0.4, 0.5) is 16.5 Å². The van der Waals surface area contributed by atoms with E-state index in [0.717, 1.165) is 37.4 Å². The van der Waals surface area contributed by atoms with Crippen LogP contribution < -0.4 is 25.2 Å². The van der Waals surface area contributed by atoms with Gasteiger partial charge in [-0.2, -0.15) is 0 Å². The Hall–Kier alpha value is -2.85. The average molecular weight is 650 g/mol. The average Bonchev–Trinajstić information content (AvgIpc) is 3.56. The lowest BCUT2D eigenvalue weighted by atomic mass is 10.1. The Balaban J connectivity index is 1.21. The molecule has 5 rings (SSSR count). The number of thiazole rings is 1. The number of aromatic nitrogens is 2. The smallest absolute Gasteiger partial charge is 0.275 e. The van der Waals surface area contributed by atoms with Crippen molar-refractivity contribution in [1.29, 1.82) is 0 Å². The zero-order valence-electron chi connectivity index (χ0n) is 20.5. The van der Waals surface area contributed by atoms with E-state index in [4.69, 9.17) is 12.5 Å². The molecule has 38 heavy (non-hydrogen) atoms. The predicted octanol–water partition coefficient (Wildman–Crippen LogP) is 3.12. The van der Waals surface area contributed by atoms with Crippen LogP contribution in [-0.2, 0) is 14.3 Å². The number of carbonyl (C=O) groups excluding carboxylic acids is 2. The fourth-order valence-electron chi connectivity index (χ4n) is 4.30. The summed E-state index contributed by atoms with van der Waals surface area (Å²) in [6, 6.07) is 7.31. The van der Waals surface area contributed by atoms with Crippen LogP contribution in [0.15, 0.2) is 42.0 Å². The molecule has 2 amide bonds. The second kappa shape index (κ2) is 12.8. The van der Waals surface area contributed by atoms with Gasteiger partial charge in [0.2, 0.25) is 0 Å². The Labute approximate surface area is 238 Å². The molecule has 3 aromatic rings. The highest BCUT2D eigenvalue weighted by Gasteiger charge is 2.31. The van der Waals surface area contributed by atoms with Crippen molar-refractivity contribution in [2.45, 2.75) is 6.54 Å². The van der Waals surface area contributed by atoms with E-state index in [1.54, 1.807) is 34.8 Å². The van der Waals surface area contributed by atoms with Crippen molar-refractivity contribution >= 4 is 62.7 Å². The number of rotatable bonds is 11. The van der Waals surface area contributed by atoms with E-state index in [1.165, 1.54) is 11.3 Å². The van der Waals surface area contributed by atoms with Crippen LogP contribution in [0.2, 0.25) is 0 Å². The Bertz CT molecular complexity index is 1280. The molecule has 200 valence electrons. The van der Waals surface area contributed by atoms with Gasteiger partial charge in [0.1, 0.15) is 41.1 Å². The molecule has 2 aliphatic rings. The van der Waals surface area contributed by atoms with Gasteiger partial charge in [0.25, 0.3) is 11.8 Å². The van der Waals surface area contributed by atoms with Crippen LogP contribution in [0.1, 0.15) is 26.4 Å². The lowest BCUT2D eigenvalue weighted by Crippen LogP contribution is -2.43. The van der Waals surface area contributed by atoms with Crippen LogP contribution >= 0.6 is 34.3 Å². The largest absolute Gasteiger partial charge is 0.491 e. The molecule has 0 atom stereocenters. The van der Waals surface area contributed by atoms with Gasteiger partial charge in [-0.15, -0.1) is 11.3 Å². The second-order valence-corrected chi connectivity index (χ2v) is 10.0. The van der Waals surface area contributed by atoms with E-state index >= 15 is 0 Å². The fourth-order valence-corrected chi connectivity index (χ4v) is 5.28. The van der Waals surface area contributed by atoms with Gasteiger partial charge in [-0.1, -0.05) is 0 Å². The molecule has 2 N–H and O–H groups in total. The number of piperazine rings is 1. The number of amides is 2. The third kappa shape index (κ3) is 6.23. The van der Waals surface area contributed by atoms with Gasteiger partial charge in [-0.05, 0) is 29.8 Å². The summed E-state index contributed by atoms with van der Waals surface area (Å²) in [6.45, 7) is 5.70. The maximum absolute atomic E-state index is 13.1. The van der Waals surface area contributed by atoms with Gasteiger partial charge in [0.15, 0.2) is 5.13 Å². The van der Waals surface area contributed by atoms with E-state index in [9.17, 15) is 9.59 Å². The number of carbonyl (C=O) groups is 2. The summed E-state index contributed by atoms with van der Waals surface area (Å²) in [5.74, 6) is 0.176. The normalized spacial score (nSPS) is 15.0. The highest BCUT2D eigenvalue weighted by atomic mass is 127. The Kier molecular flexibility index (Phi) is 9.01. The van der Waals surface area contributed by atoms with Gasteiger partial charge in [0, 0.05) is 43.3 Å². The van der Waals surface area contributed by atoms with Gasteiger partial charge in [-0.25, -0.2) is 4.98 Å². The summed E-state index contributed by atoms with van der Waals surface area (Å²) in [5, 5.41) is 8.41. The van der Waals surface area contributed by atoms with Crippen molar-refractivity contribution in [3.63, 3.8) is 0 Å². The molecule has 11 nitrogen and oxygen atoms in total. The lowest BCUT2D eigenvalue weighted by molar-refractivity contribution is 0.0853. The minimum Gasteiger partial charge on any atom is -0.491 e. The summed E-state index contributed by atoms with van der Waals surface area (Å²) < 4.78 is 16.1. The standard InChI is InChI=1S/C25H27IN6O5S/c26-37-12-10-35-9-11-36-18-1-2-19-17(13-18)15-32(24(19)34)25-30-21(16-38-25)23(33)29-20-14-28-4-3-22(20)31-7-5-27-6-8-31/h1-4,13-14,16,27H,5-12,15H2,(H,29,33). The van der Waals surface area contributed by atoms with Crippen LogP contribution in [0.5, 0.6) is 5.75 Å². The van der Waals surface area contributed by atoms with Crippen molar-refractivity contribution in [1.82, 2.24) is 15.3 Å². The molecule has 1 saturated heterocycles. The molecular weight excluding hydrogens is 623 g/mol. The number of benzene rings is 1. The number of hydrogen-bond donors (Lipinski definition) is 2. The van der Waals surface area contributed by atoms with Gasteiger partial charge >= 0.3 is 0 Å². The number of nitrogens with one attached hydrogen (secondary N) is 2. The molecule has 0 spiro atoms. The van der Waals surface area contributed by atoms with Crippen molar-refractivity contribution in [2.24, 2.45) is 0 Å². The van der Waals surface area contributed by atoms with E-state index in [1.807, 2.05) is 35.1 Å². The maximum atomic E-state index is 13.1. The second-order valence-electron chi connectivity index (χ2n) is 8.58. The topological polar surface area (TPSA) is 118 Å². The van der Waals surface area contributed by atoms with Crippen molar-refractivity contribution in [3.05, 3.63) is 58.9 Å². The molecule has 0 bridgehead atoms. The Morgan fingerprint density at radius 2 is 2.00 bits per heavy atom. The number of pyridine rings is 1. The highest BCUT2D eigenvalue weighted by molar-refractivity contribution is 14.1. The number of halogens is 1. The van der Waals surface area contributed by atoms with Crippen LogP contribution in [0, 0.1) is 0 Å². The number of ether oxygens (including phenoxy) is 2. The van der Waals surface area contributed by atoms with Gasteiger partial charge in [-0.3, -0.25) is 19.5 Å². The molecule has 1 fully saturated rings. The molecule has 0 radical (unpaired) electrons. The first-order valence-electron chi connectivity index (χ1n) is 12.2. The first-order valence-corrected chi connectivity index (χ1v) is 14.0. The summed E-state index contributed by atoms with van der Waals surface area (Å²) in [4.78, 5) is 38.6. The molecular formula is C25H27IN6O5S. The van der Waals surface area contributed by atoms with Crippen LogP contribution in [-0.4, -0.2) is 74.4 Å². The number of anilines is 3. The third-order valence-corrected chi connectivity index (χ3v) is 7.45. The number of fused-ring (bicyclic) bond motifs is 1. The van der Waals surface area contributed by atoms with Crippen molar-refractivity contribution in [3.8, 4) is 5.75 Å². The lowest BCUT2D eigenvalue weighted by Gasteiger charge is -2.30. The van der Waals surface area contributed by atoms with E-state index in [-0.39, 0.29) is 17.5 Å². The minimum absolute atomic E-state index is 0.150. The van der Waals surface area contributed by atoms with Crippen molar-refractivity contribution < 1.29 is 22.1 Å². The van der Waals surface area contributed by atoms with Crippen LogP contribution in [0.25, 0.3) is 0 Å². The maximum Gasteiger partial charge on any atom is 0.275 e. The fraction of sp³-hybridized carbons (Fsp3) is 0.360. The van der Waals surface area contributed by atoms with Crippen LogP contribution in [0.3, 0.4) is 0 Å². The molecule has 2 aromatic heterocycles. The third-order valence-electron chi connectivity index (χ3n) is 6.14. The first kappa shape index (κ1) is 26.7. The minimum atomic E-state index is -0.344. The molecule has 4 heterocycles. The molecule has 0 unspecified atom stereocenters. The summed E-state index contributed by atoms with van der Waals surface area (Å²) >= 11 is 3.09. The Morgan fingerprint density at radius 1 is 1.16 bits per heavy atom. The molecule has 0 saturated carbocycles. The SMILES string of the molecule is O=C(Nc1cnccc1N1CCNCC1)c1csc(N2Cc3cc(OCCOCCOI)ccc3C2=O)n1. The highest BCUT2D eigenvalue weighted by Crippen LogP contribution is 2.33. The summed E-state index contributed by atoms with van der Waals surface area (Å²) in [6.07, 6.45) is 3.37. The van der Waals surface area contributed by atoms with E-state index in [2.05, 4.69) is 25.5 Å². The molecule has 2 aliphatic heterocycles. The zero-order chi connectivity index (χ0) is 26.3. The van der Waals surface area contributed by atoms with Crippen molar-refractivity contribution in [2.75, 3.05) is 67.7 Å². The van der Waals surface area contributed by atoms with Gasteiger partial charge < -0.3 is 28.1 Å². The zero-order valence-corrected chi connectivity index (χ0v) is 23.5. The summed E-state index contributed by atoms with van der Waals surface area (Å²) in [5.41, 5.74) is 3.26.